The number of carbonyl (C=O) groups excluding carboxylic acids is 3. The lowest BCUT2D eigenvalue weighted by molar-refractivity contribution is 0.0666. The van der Waals surface area contributed by atoms with Crippen LogP contribution in [0.2, 0.25) is 5.02 Å². The average molecular weight is 546 g/mol. The molecule has 0 bridgehead atoms. The van der Waals surface area contributed by atoms with Crippen LogP contribution >= 0.6 is 11.6 Å². The van der Waals surface area contributed by atoms with Crippen molar-refractivity contribution < 1.29 is 19.1 Å². The van der Waals surface area contributed by atoms with Gasteiger partial charge in [-0.05, 0) is 41.5 Å². The minimum atomic E-state index is -1.56. The van der Waals surface area contributed by atoms with Crippen LogP contribution in [0.15, 0.2) is 103 Å². The van der Waals surface area contributed by atoms with Gasteiger partial charge in [0.15, 0.2) is 17.3 Å². The summed E-state index contributed by atoms with van der Waals surface area (Å²) in [6, 6.07) is 27.4. The van der Waals surface area contributed by atoms with Gasteiger partial charge >= 0.3 is 0 Å². The Bertz CT molecular complexity index is 1720. The quantitative estimate of drug-likeness (QED) is 0.212. The third-order valence-corrected chi connectivity index (χ3v) is 8.78. The molecule has 40 heavy (non-hydrogen) atoms. The van der Waals surface area contributed by atoms with Gasteiger partial charge in [0.2, 0.25) is 0 Å². The molecule has 0 saturated carbocycles. The Balaban J connectivity index is 1.55. The van der Waals surface area contributed by atoms with Crippen LogP contribution in [0, 0.1) is 5.41 Å². The van der Waals surface area contributed by atoms with Gasteiger partial charge in [0.25, 0.3) is 0 Å². The van der Waals surface area contributed by atoms with Gasteiger partial charge in [-0.25, -0.2) is 0 Å². The van der Waals surface area contributed by atoms with Gasteiger partial charge in [-0.1, -0.05) is 90.5 Å². The lowest BCUT2D eigenvalue weighted by atomic mass is 9.64. The number of ketones is 3. The first-order valence-corrected chi connectivity index (χ1v) is 13.5. The highest BCUT2D eigenvalue weighted by Gasteiger charge is 2.71. The fourth-order valence-electron chi connectivity index (χ4n) is 6.94. The fraction of sp³-hybridized carbons (Fsp3) is 0.147. The predicted molar refractivity (Wildman–Crippen MR) is 155 cm³/mol. The lowest BCUT2D eigenvalue weighted by Crippen LogP contribution is -2.48. The number of carbonyl (C=O) groups is 3. The summed E-state index contributed by atoms with van der Waals surface area (Å²) in [5.74, 6) is -0.990. The Morgan fingerprint density at radius 3 is 2.27 bits per heavy atom. The van der Waals surface area contributed by atoms with Crippen molar-refractivity contribution >= 4 is 40.7 Å². The Morgan fingerprint density at radius 2 is 1.55 bits per heavy atom. The zero-order valence-electron chi connectivity index (χ0n) is 21.6. The molecule has 2 heterocycles. The predicted octanol–water partition coefficient (Wildman–Crippen LogP) is 6.66. The summed E-state index contributed by atoms with van der Waals surface area (Å²) >= 11 is 6.50. The Kier molecular flexibility index (Phi) is 5.55. The standard InChI is InChI=1S/C34H24ClNO4/c1-40-24-12-7-10-22(19-24)31(37)30-29(21-9-6-11-23(35)18-21)34(32(38)25-13-3-4-14-26(25)33(34)39)28-17-16-20-8-2-5-15-27(20)36(28)30/h2-19,28-30H,1H3/t28-,29+,30-/m1/s1. The van der Waals surface area contributed by atoms with E-state index in [1.165, 1.54) is 0 Å². The smallest absolute Gasteiger partial charge is 0.186 e. The number of halogens is 1. The van der Waals surface area contributed by atoms with Gasteiger partial charge in [0, 0.05) is 33.3 Å². The van der Waals surface area contributed by atoms with Gasteiger partial charge in [-0.2, -0.15) is 0 Å². The summed E-state index contributed by atoms with van der Waals surface area (Å²) in [6.07, 6.45) is 3.87. The minimum absolute atomic E-state index is 0.201. The van der Waals surface area contributed by atoms with E-state index in [1.807, 2.05) is 47.4 Å². The third-order valence-electron chi connectivity index (χ3n) is 8.54. The second kappa shape index (κ2) is 9.04. The number of fused-ring (bicyclic) bond motifs is 5. The minimum Gasteiger partial charge on any atom is -0.497 e. The second-order valence-corrected chi connectivity index (χ2v) is 10.9. The molecular formula is C34H24ClNO4. The number of Topliss-reactive ketones (excluding diaryl/α,β-unsaturated/α-hetero) is 3. The van der Waals surface area contributed by atoms with Crippen molar-refractivity contribution in [1.29, 1.82) is 0 Å². The highest BCUT2D eigenvalue weighted by atomic mass is 35.5. The molecule has 196 valence electrons. The van der Waals surface area contributed by atoms with Crippen molar-refractivity contribution in [2.75, 3.05) is 12.0 Å². The van der Waals surface area contributed by atoms with E-state index in [1.54, 1.807) is 73.8 Å². The van der Waals surface area contributed by atoms with Gasteiger partial charge < -0.3 is 9.64 Å². The van der Waals surface area contributed by atoms with Gasteiger partial charge in [-0.3, -0.25) is 14.4 Å². The maximum Gasteiger partial charge on any atom is 0.186 e. The maximum absolute atomic E-state index is 14.7. The molecule has 1 aliphatic carbocycles. The highest BCUT2D eigenvalue weighted by Crippen LogP contribution is 2.61. The Morgan fingerprint density at radius 1 is 0.850 bits per heavy atom. The molecule has 0 unspecified atom stereocenters. The first-order valence-electron chi connectivity index (χ1n) is 13.1. The molecule has 0 aromatic heterocycles. The Labute approximate surface area is 236 Å². The Hall–Kier alpha value is -4.48. The fourth-order valence-corrected chi connectivity index (χ4v) is 7.14. The second-order valence-electron chi connectivity index (χ2n) is 10.4. The van der Waals surface area contributed by atoms with E-state index in [0.29, 0.717) is 33.0 Å². The largest absolute Gasteiger partial charge is 0.497 e. The zero-order valence-corrected chi connectivity index (χ0v) is 22.3. The van der Waals surface area contributed by atoms with Crippen LogP contribution < -0.4 is 9.64 Å². The third kappa shape index (κ3) is 3.24. The monoisotopic (exact) mass is 545 g/mol. The SMILES string of the molecule is COc1cccc(C(=O)[C@H]2[C@H](c3cccc(Cl)c3)C3(C(=O)c4ccccc4C3=O)[C@H]3C=Cc4ccccc4N23)c1. The van der Waals surface area contributed by atoms with Crippen molar-refractivity contribution in [2.24, 2.45) is 5.41 Å². The molecule has 4 aromatic rings. The first kappa shape index (κ1) is 24.6. The van der Waals surface area contributed by atoms with Crippen LogP contribution in [-0.2, 0) is 0 Å². The van der Waals surface area contributed by atoms with E-state index in [2.05, 4.69) is 0 Å². The van der Waals surface area contributed by atoms with E-state index in [4.69, 9.17) is 16.3 Å². The molecule has 5 nitrogen and oxygen atoms in total. The normalized spacial score (nSPS) is 21.8. The molecule has 1 saturated heterocycles. The first-order chi connectivity index (χ1) is 19.5. The van der Waals surface area contributed by atoms with Crippen molar-refractivity contribution in [3.8, 4) is 5.75 Å². The van der Waals surface area contributed by atoms with Gasteiger partial charge in [0.05, 0.1) is 13.2 Å². The maximum atomic E-state index is 14.7. The van der Waals surface area contributed by atoms with E-state index < -0.39 is 23.4 Å². The lowest BCUT2D eigenvalue weighted by Gasteiger charge is -2.37. The molecule has 0 amide bonds. The van der Waals surface area contributed by atoms with Gasteiger partial charge in [0.1, 0.15) is 17.2 Å². The summed E-state index contributed by atoms with van der Waals surface area (Å²) in [5.41, 5.74) is 2.05. The molecule has 3 atom stereocenters. The van der Waals surface area contributed by atoms with Crippen LogP contribution in [0.4, 0.5) is 5.69 Å². The molecule has 0 radical (unpaired) electrons. The number of para-hydroxylation sites is 1. The van der Waals surface area contributed by atoms with Crippen LogP contribution in [-0.4, -0.2) is 36.5 Å². The zero-order chi connectivity index (χ0) is 27.6. The molecular weight excluding hydrogens is 522 g/mol. The van der Waals surface area contributed by atoms with Crippen molar-refractivity contribution in [3.63, 3.8) is 0 Å². The van der Waals surface area contributed by atoms with Crippen LogP contribution in [0.5, 0.6) is 5.75 Å². The topological polar surface area (TPSA) is 63.7 Å². The molecule has 4 aromatic carbocycles. The average Bonchev–Trinajstić information content (AvgIpc) is 3.43. The number of anilines is 1. The van der Waals surface area contributed by atoms with E-state index >= 15 is 0 Å². The molecule has 6 heteroatoms. The van der Waals surface area contributed by atoms with E-state index in [9.17, 15) is 14.4 Å². The van der Waals surface area contributed by atoms with Crippen molar-refractivity contribution in [1.82, 2.24) is 0 Å². The summed E-state index contributed by atoms with van der Waals surface area (Å²) in [4.78, 5) is 45.9. The summed E-state index contributed by atoms with van der Waals surface area (Å²) < 4.78 is 5.42. The summed E-state index contributed by atoms with van der Waals surface area (Å²) in [6.45, 7) is 0. The van der Waals surface area contributed by atoms with E-state index in [0.717, 1.165) is 11.3 Å². The highest BCUT2D eigenvalue weighted by molar-refractivity contribution is 6.33. The van der Waals surface area contributed by atoms with Crippen LogP contribution in [0.1, 0.15) is 48.1 Å². The van der Waals surface area contributed by atoms with Crippen LogP contribution in [0.3, 0.4) is 0 Å². The number of benzene rings is 4. The number of rotatable bonds is 4. The van der Waals surface area contributed by atoms with Gasteiger partial charge in [-0.15, -0.1) is 0 Å². The summed E-state index contributed by atoms with van der Waals surface area (Å²) in [5, 5.41) is 0.469. The molecule has 0 N–H and O–H groups in total. The van der Waals surface area contributed by atoms with E-state index in [-0.39, 0.29) is 17.3 Å². The molecule has 7 rings (SSSR count). The van der Waals surface area contributed by atoms with Crippen LogP contribution in [0.25, 0.3) is 6.08 Å². The number of hydrogen-bond acceptors (Lipinski definition) is 5. The molecule has 2 aliphatic heterocycles. The molecule has 3 aliphatic rings. The number of nitrogens with zero attached hydrogens (tertiary/aromatic N) is 1. The van der Waals surface area contributed by atoms with Crippen molar-refractivity contribution in [3.05, 3.63) is 136 Å². The molecule has 1 spiro atoms. The summed E-state index contributed by atoms with van der Waals surface area (Å²) in [7, 11) is 1.55. The number of methoxy groups -OCH3 is 1. The van der Waals surface area contributed by atoms with Crippen molar-refractivity contribution in [2.45, 2.75) is 18.0 Å². The molecule has 1 fully saturated rings. The number of ether oxygens (including phenoxy) is 1. The number of hydrogen-bond donors (Lipinski definition) is 0.